The minimum atomic E-state index is -3.83. The second kappa shape index (κ2) is 16.5. The Hall–Kier alpha value is -3.83. The predicted molar refractivity (Wildman–Crippen MR) is 180 cm³/mol. The molecule has 0 bridgehead atoms. The van der Waals surface area contributed by atoms with Gasteiger partial charge in [-0.3, -0.25) is 15.1 Å². The van der Waals surface area contributed by atoms with Gasteiger partial charge in [0.1, 0.15) is 0 Å². The van der Waals surface area contributed by atoms with Crippen LogP contribution in [0.15, 0.2) is 96.0 Å². The second-order valence-corrected chi connectivity index (χ2v) is 13.7. The Balaban J connectivity index is 1.36. The molecule has 1 heterocycles. The minimum absolute atomic E-state index is 0.0695. The summed E-state index contributed by atoms with van der Waals surface area (Å²) in [4.78, 5) is 17.9. The van der Waals surface area contributed by atoms with Crippen molar-refractivity contribution >= 4 is 32.4 Å². The van der Waals surface area contributed by atoms with Gasteiger partial charge in [-0.25, -0.2) is 8.42 Å². The minimum Gasteiger partial charge on any atom is -0.399 e. The Kier molecular flexibility index (Phi) is 12.5. The van der Waals surface area contributed by atoms with E-state index < -0.39 is 22.1 Å². The molecule has 5 N–H and O–H groups in total. The van der Waals surface area contributed by atoms with Crippen molar-refractivity contribution < 1.29 is 18.3 Å². The van der Waals surface area contributed by atoms with E-state index >= 15 is 0 Å². The first-order valence-electron chi connectivity index (χ1n) is 15.5. The number of aliphatic hydroxyl groups excluding tert-OH is 1. The van der Waals surface area contributed by atoms with Crippen molar-refractivity contribution in [1.82, 2.24) is 19.9 Å². The number of pyridine rings is 1. The molecule has 4 rings (SSSR count). The average Bonchev–Trinajstić information content (AvgIpc) is 3.04. The number of aliphatic hydroxyl groups is 1. The van der Waals surface area contributed by atoms with Gasteiger partial charge in [0, 0.05) is 37.6 Å². The number of unbranched alkanes of at least 4 members (excludes halogenated alkanes) is 1. The Bertz CT molecular complexity index is 1610. The highest BCUT2D eigenvalue weighted by Gasteiger charge is 2.31. The maximum atomic E-state index is 13.5. The monoisotopic (exact) mass is 631 g/mol. The molecule has 3 aromatic carbocycles. The molecule has 240 valence electrons. The molecule has 10 heteroatoms. The Morgan fingerprint density at radius 1 is 0.956 bits per heavy atom. The number of amides is 1. The first-order valence-corrected chi connectivity index (χ1v) is 17.0. The summed E-state index contributed by atoms with van der Waals surface area (Å²) in [6.07, 6.45) is 3.99. The van der Waals surface area contributed by atoms with Crippen molar-refractivity contribution in [2.75, 3.05) is 25.4 Å². The number of rotatable bonds is 17. The van der Waals surface area contributed by atoms with E-state index in [4.69, 9.17) is 5.73 Å². The number of nitrogens with zero attached hydrogens (tertiary/aromatic N) is 2. The molecular formula is C35H45N5O4S. The van der Waals surface area contributed by atoms with Crippen LogP contribution in [0.25, 0.3) is 10.8 Å². The maximum absolute atomic E-state index is 13.5. The van der Waals surface area contributed by atoms with Crippen LogP contribution in [0.3, 0.4) is 0 Å². The summed E-state index contributed by atoms with van der Waals surface area (Å²) in [5.41, 5.74) is 8.15. The van der Waals surface area contributed by atoms with Crippen molar-refractivity contribution in [2.24, 2.45) is 5.92 Å². The lowest BCUT2D eigenvalue weighted by molar-refractivity contribution is -0.123. The molecule has 9 nitrogen and oxygen atoms in total. The van der Waals surface area contributed by atoms with E-state index in [0.29, 0.717) is 44.5 Å². The third-order valence-electron chi connectivity index (χ3n) is 7.74. The zero-order valence-corrected chi connectivity index (χ0v) is 26.9. The van der Waals surface area contributed by atoms with Gasteiger partial charge in [-0.1, -0.05) is 68.8 Å². The van der Waals surface area contributed by atoms with E-state index in [1.54, 1.807) is 18.3 Å². The first kappa shape index (κ1) is 34.1. The van der Waals surface area contributed by atoms with Crippen molar-refractivity contribution in [3.05, 3.63) is 102 Å². The van der Waals surface area contributed by atoms with Gasteiger partial charge in [0.25, 0.3) is 0 Å². The van der Waals surface area contributed by atoms with E-state index in [1.165, 1.54) is 16.4 Å². The van der Waals surface area contributed by atoms with Crippen LogP contribution in [-0.4, -0.2) is 60.5 Å². The van der Waals surface area contributed by atoms with Gasteiger partial charge < -0.3 is 16.2 Å². The van der Waals surface area contributed by atoms with Gasteiger partial charge in [0.15, 0.2) is 0 Å². The predicted octanol–water partition coefficient (Wildman–Crippen LogP) is 4.51. The maximum Gasteiger partial charge on any atom is 0.243 e. The second-order valence-electron chi connectivity index (χ2n) is 11.8. The number of carbonyl (C=O) groups is 1. The smallest absolute Gasteiger partial charge is 0.243 e. The number of fused-ring (bicyclic) bond motifs is 1. The molecule has 0 aliphatic heterocycles. The number of sulfonamides is 1. The fourth-order valence-corrected chi connectivity index (χ4v) is 7.14. The van der Waals surface area contributed by atoms with E-state index in [-0.39, 0.29) is 29.9 Å². The van der Waals surface area contributed by atoms with Crippen LogP contribution in [0, 0.1) is 5.92 Å². The summed E-state index contributed by atoms with van der Waals surface area (Å²) in [7, 11) is -3.83. The highest BCUT2D eigenvalue weighted by molar-refractivity contribution is 7.89. The van der Waals surface area contributed by atoms with Crippen LogP contribution in [0.5, 0.6) is 0 Å². The summed E-state index contributed by atoms with van der Waals surface area (Å²) in [5.74, 6) is -0.0369. The molecule has 0 fully saturated rings. The molecule has 0 spiro atoms. The fraction of sp³-hybridized carbons (Fsp3) is 0.371. The topological polar surface area (TPSA) is 138 Å². The van der Waals surface area contributed by atoms with Crippen LogP contribution >= 0.6 is 0 Å². The first-order chi connectivity index (χ1) is 21.7. The number of aromatic nitrogens is 1. The SMILES string of the molecule is CC(C)CN(C(CO)CCCCNC(=O)[C@H](Cc1ccc2ccccc2c1)NCc1ccccn1)S(=O)(=O)c1ccc(N)cc1. The Labute approximate surface area is 266 Å². The molecule has 1 unspecified atom stereocenters. The van der Waals surface area contributed by atoms with E-state index in [9.17, 15) is 18.3 Å². The van der Waals surface area contributed by atoms with Crippen molar-refractivity contribution in [3.63, 3.8) is 0 Å². The van der Waals surface area contributed by atoms with Crippen LogP contribution in [0.2, 0.25) is 0 Å². The van der Waals surface area contributed by atoms with Crippen molar-refractivity contribution in [1.29, 1.82) is 0 Å². The fourth-order valence-electron chi connectivity index (χ4n) is 5.33. The molecule has 0 aliphatic rings. The van der Waals surface area contributed by atoms with Gasteiger partial charge in [0.2, 0.25) is 15.9 Å². The van der Waals surface area contributed by atoms with Crippen LogP contribution in [0.4, 0.5) is 5.69 Å². The summed E-state index contributed by atoms with van der Waals surface area (Å²) < 4.78 is 28.5. The zero-order chi connectivity index (χ0) is 32.2. The summed E-state index contributed by atoms with van der Waals surface area (Å²) in [6.45, 7) is 4.78. The molecular weight excluding hydrogens is 586 g/mol. The van der Waals surface area contributed by atoms with Gasteiger partial charge in [-0.2, -0.15) is 4.31 Å². The quantitative estimate of drug-likeness (QED) is 0.0994. The standard InChI is InChI=1S/C35H45N5O4S/c1-26(2)24-40(45(43,44)33-17-15-30(36)16-18-33)32(25-41)12-6-8-20-38-35(42)34(39-23-31-11-5-7-19-37-31)22-27-13-14-28-9-3-4-10-29(28)21-27/h3-5,7,9-11,13-19,21,26,32,34,39,41H,6,8,12,20,22-25,36H2,1-2H3,(H,38,42)/t32?,34-/m0/s1. The summed E-state index contributed by atoms with van der Waals surface area (Å²) in [5, 5.41) is 19.0. The molecule has 0 saturated heterocycles. The number of carbonyl (C=O) groups excluding carboxylic acids is 1. The number of anilines is 1. The van der Waals surface area contributed by atoms with Crippen LogP contribution in [-0.2, 0) is 27.8 Å². The third-order valence-corrected chi connectivity index (χ3v) is 9.67. The molecule has 1 amide bonds. The number of hydrogen-bond donors (Lipinski definition) is 4. The summed E-state index contributed by atoms with van der Waals surface area (Å²) in [6, 6.07) is 25.2. The molecule has 1 aromatic heterocycles. The van der Waals surface area contributed by atoms with E-state index in [2.05, 4.69) is 45.9 Å². The van der Waals surface area contributed by atoms with Crippen molar-refractivity contribution in [2.45, 2.75) is 63.1 Å². The van der Waals surface area contributed by atoms with Crippen LogP contribution in [0.1, 0.15) is 44.4 Å². The Morgan fingerprint density at radius 2 is 1.69 bits per heavy atom. The average molecular weight is 632 g/mol. The molecule has 2 atom stereocenters. The molecule has 0 radical (unpaired) electrons. The highest BCUT2D eigenvalue weighted by Crippen LogP contribution is 2.23. The third kappa shape index (κ3) is 9.83. The van der Waals surface area contributed by atoms with Gasteiger partial charge >= 0.3 is 0 Å². The van der Waals surface area contributed by atoms with E-state index in [1.807, 2.05) is 44.2 Å². The largest absolute Gasteiger partial charge is 0.399 e. The van der Waals surface area contributed by atoms with Crippen molar-refractivity contribution in [3.8, 4) is 0 Å². The van der Waals surface area contributed by atoms with Gasteiger partial charge in [0.05, 0.1) is 23.2 Å². The van der Waals surface area contributed by atoms with Gasteiger partial charge in [-0.05, 0) is 77.9 Å². The van der Waals surface area contributed by atoms with Crippen LogP contribution < -0.4 is 16.4 Å². The zero-order valence-electron chi connectivity index (χ0n) is 26.1. The lowest BCUT2D eigenvalue weighted by Gasteiger charge is -2.31. The summed E-state index contributed by atoms with van der Waals surface area (Å²) >= 11 is 0. The normalized spacial score (nSPS) is 13.3. The lowest BCUT2D eigenvalue weighted by Crippen LogP contribution is -2.46. The number of hydrogen-bond acceptors (Lipinski definition) is 7. The van der Waals surface area contributed by atoms with E-state index in [0.717, 1.165) is 22.0 Å². The number of nitrogens with one attached hydrogen (secondary N) is 2. The molecule has 4 aromatic rings. The number of benzene rings is 3. The molecule has 0 saturated carbocycles. The molecule has 0 aliphatic carbocycles. The lowest BCUT2D eigenvalue weighted by atomic mass is 10.0. The highest BCUT2D eigenvalue weighted by atomic mass is 32.2. The number of nitrogen functional groups attached to an aromatic ring is 1. The van der Waals surface area contributed by atoms with Gasteiger partial charge in [-0.15, -0.1) is 0 Å². The number of nitrogens with two attached hydrogens (primary N) is 1. The molecule has 45 heavy (non-hydrogen) atoms. The Morgan fingerprint density at radius 3 is 2.38 bits per heavy atom.